The Balaban J connectivity index is 1.22. The second-order valence-electron chi connectivity index (χ2n) is 10.4. The Morgan fingerprint density at radius 2 is 1.76 bits per heavy atom. The Kier molecular flexibility index (Phi) is 7.66. The summed E-state index contributed by atoms with van der Waals surface area (Å²) in [4.78, 5) is 31.7. The molecule has 6 aromatic rings. The molecule has 0 saturated heterocycles. The number of aromatic nitrogens is 1. The van der Waals surface area contributed by atoms with Gasteiger partial charge in [0.1, 0.15) is 11.8 Å². The smallest absolute Gasteiger partial charge is 0.280 e. The number of sulfonamides is 1. The lowest BCUT2D eigenvalue weighted by molar-refractivity contribution is 0.0987. The summed E-state index contributed by atoms with van der Waals surface area (Å²) in [5.74, 6) is -0.551. The fourth-order valence-corrected chi connectivity index (χ4v) is 8.08. The Bertz CT molecular complexity index is 2300. The van der Waals surface area contributed by atoms with Crippen molar-refractivity contribution < 1.29 is 17.6 Å². The van der Waals surface area contributed by atoms with E-state index in [-0.39, 0.29) is 33.1 Å². The van der Waals surface area contributed by atoms with Crippen molar-refractivity contribution in [3.05, 3.63) is 134 Å². The lowest BCUT2D eigenvalue weighted by atomic mass is 10.0. The van der Waals surface area contributed by atoms with E-state index in [9.17, 15) is 18.0 Å². The zero-order valence-corrected chi connectivity index (χ0v) is 26.7. The summed E-state index contributed by atoms with van der Waals surface area (Å²) < 4.78 is 35.7. The zero-order valence-electron chi connectivity index (χ0n) is 23.5. The van der Waals surface area contributed by atoms with Crippen molar-refractivity contribution in [1.82, 2.24) is 9.29 Å². The fourth-order valence-electron chi connectivity index (χ4n) is 5.18. The first-order valence-corrected chi connectivity index (χ1v) is 16.9. The first kappa shape index (κ1) is 29.2. The standard InChI is InChI=1S/C33H23BrN4O5S2/c34-25-11-14-28-30(17-25)44-33(36-28)38(35-18-24-20-43-29-8-4-3-7-27(29)31(24)39)32(40)22-9-12-26(13-10-22)45(41,42)37-16-15-21-5-1-2-6-23(21)19-37/h1-14,17-18,20H,15-16,19H2/b35-18+. The van der Waals surface area contributed by atoms with E-state index in [0.29, 0.717) is 29.5 Å². The van der Waals surface area contributed by atoms with Crippen LogP contribution in [0.2, 0.25) is 0 Å². The van der Waals surface area contributed by atoms with Crippen molar-refractivity contribution in [2.24, 2.45) is 5.10 Å². The number of amides is 1. The van der Waals surface area contributed by atoms with Crippen molar-refractivity contribution >= 4 is 75.7 Å². The second-order valence-corrected chi connectivity index (χ2v) is 14.2. The van der Waals surface area contributed by atoms with Gasteiger partial charge in [-0.3, -0.25) is 9.59 Å². The van der Waals surface area contributed by atoms with E-state index in [1.54, 1.807) is 24.3 Å². The van der Waals surface area contributed by atoms with Gasteiger partial charge in [0, 0.05) is 23.1 Å². The number of halogens is 1. The number of hydrogen-bond donors (Lipinski definition) is 0. The van der Waals surface area contributed by atoms with E-state index in [2.05, 4.69) is 26.0 Å². The monoisotopic (exact) mass is 698 g/mol. The molecule has 1 amide bonds. The Morgan fingerprint density at radius 3 is 2.58 bits per heavy atom. The number of hydrazone groups is 1. The van der Waals surface area contributed by atoms with Crippen molar-refractivity contribution in [2.45, 2.75) is 17.9 Å². The third kappa shape index (κ3) is 5.61. The molecule has 45 heavy (non-hydrogen) atoms. The van der Waals surface area contributed by atoms with Gasteiger partial charge >= 0.3 is 0 Å². The van der Waals surface area contributed by atoms with Gasteiger partial charge < -0.3 is 4.42 Å². The maximum absolute atomic E-state index is 13.9. The number of carbonyl (C=O) groups excluding carboxylic acids is 1. The largest absolute Gasteiger partial charge is 0.463 e. The van der Waals surface area contributed by atoms with Crippen LogP contribution in [0.5, 0.6) is 0 Å². The molecule has 0 atom stereocenters. The molecule has 4 aromatic carbocycles. The summed E-state index contributed by atoms with van der Waals surface area (Å²) in [5, 5.41) is 6.17. The highest BCUT2D eigenvalue weighted by Gasteiger charge is 2.29. The lowest BCUT2D eigenvalue weighted by Gasteiger charge is -2.28. The molecule has 0 N–H and O–H groups in total. The van der Waals surface area contributed by atoms with Gasteiger partial charge in [-0.05, 0) is 72.1 Å². The first-order valence-electron chi connectivity index (χ1n) is 13.9. The first-order chi connectivity index (χ1) is 21.8. The van der Waals surface area contributed by atoms with Crippen LogP contribution in [-0.4, -0.2) is 36.4 Å². The van der Waals surface area contributed by atoms with E-state index in [1.165, 1.54) is 52.4 Å². The maximum Gasteiger partial charge on any atom is 0.280 e. The molecule has 2 aromatic heterocycles. The Labute approximate surface area is 270 Å². The normalized spacial score (nSPS) is 13.8. The topological polar surface area (TPSA) is 113 Å². The van der Waals surface area contributed by atoms with E-state index in [1.807, 2.05) is 42.5 Å². The van der Waals surface area contributed by atoms with Gasteiger partial charge in [0.15, 0.2) is 0 Å². The molecule has 0 saturated carbocycles. The van der Waals surface area contributed by atoms with Crippen LogP contribution in [-0.2, 0) is 23.0 Å². The zero-order chi connectivity index (χ0) is 31.1. The number of thiazole rings is 1. The van der Waals surface area contributed by atoms with Crippen LogP contribution in [0, 0.1) is 0 Å². The molecule has 0 fully saturated rings. The van der Waals surface area contributed by atoms with E-state index in [0.717, 1.165) is 25.3 Å². The van der Waals surface area contributed by atoms with Crippen LogP contribution < -0.4 is 10.4 Å². The van der Waals surface area contributed by atoms with E-state index < -0.39 is 15.9 Å². The van der Waals surface area contributed by atoms with Gasteiger partial charge in [-0.1, -0.05) is 63.7 Å². The van der Waals surface area contributed by atoms with Crippen molar-refractivity contribution in [3.8, 4) is 0 Å². The van der Waals surface area contributed by atoms with Crippen LogP contribution in [0.15, 0.2) is 121 Å². The van der Waals surface area contributed by atoms with Crippen LogP contribution in [0.25, 0.3) is 21.2 Å². The SMILES string of the molecule is O=C(c1ccc(S(=O)(=O)N2CCc3ccccc3C2)cc1)N(/N=C/c1coc2ccccc2c1=O)c1nc2ccc(Br)cc2s1. The predicted molar refractivity (Wildman–Crippen MR) is 178 cm³/mol. The summed E-state index contributed by atoms with van der Waals surface area (Å²) in [5.41, 5.74) is 3.29. The molecule has 0 bridgehead atoms. The molecule has 1 aliphatic rings. The maximum atomic E-state index is 13.9. The van der Waals surface area contributed by atoms with Gasteiger partial charge in [0.2, 0.25) is 20.6 Å². The molecule has 224 valence electrons. The van der Waals surface area contributed by atoms with Gasteiger partial charge in [-0.15, -0.1) is 0 Å². The Hall–Kier alpha value is -4.49. The highest BCUT2D eigenvalue weighted by Crippen LogP contribution is 2.32. The summed E-state index contributed by atoms with van der Waals surface area (Å²) in [7, 11) is -3.79. The Morgan fingerprint density at radius 1 is 1.00 bits per heavy atom. The highest BCUT2D eigenvalue weighted by molar-refractivity contribution is 9.10. The summed E-state index contributed by atoms with van der Waals surface area (Å²) >= 11 is 4.72. The van der Waals surface area contributed by atoms with Crippen molar-refractivity contribution in [2.75, 3.05) is 11.6 Å². The van der Waals surface area contributed by atoms with Crippen molar-refractivity contribution in [3.63, 3.8) is 0 Å². The molecular weight excluding hydrogens is 676 g/mol. The number of carbonyl (C=O) groups is 1. The third-order valence-electron chi connectivity index (χ3n) is 7.57. The lowest BCUT2D eigenvalue weighted by Crippen LogP contribution is -2.36. The number of fused-ring (bicyclic) bond motifs is 3. The van der Waals surface area contributed by atoms with Gasteiger partial charge in [0.25, 0.3) is 5.91 Å². The summed E-state index contributed by atoms with van der Waals surface area (Å²) in [6, 6.07) is 26.0. The summed E-state index contributed by atoms with van der Waals surface area (Å²) in [6.07, 6.45) is 3.20. The summed E-state index contributed by atoms with van der Waals surface area (Å²) in [6.45, 7) is 0.664. The quantitative estimate of drug-likeness (QED) is 0.143. The number of nitrogens with zero attached hydrogens (tertiary/aromatic N) is 4. The molecule has 7 rings (SSSR count). The van der Waals surface area contributed by atoms with Crippen LogP contribution in [0.3, 0.4) is 0 Å². The van der Waals surface area contributed by atoms with E-state index in [4.69, 9.17) is 4.42 Å². The van der Waals surface area contributed by atoms with Crippen LogP contribution >= 0.6 is 27.3 Å². The number of para-hydroxylation sites is 1. The number of benzene rings is 4. The molecule has 0 radical (unpaired) electrons. The molecule has 0 unspecified atom stereocenters. The fraction of sp³-hybridized carbons (Fsp3) is 0.0909. The minimum atomic E-state index is -3.79. The number of hydrogen-bond acceptors (Lipinski definition) is 8. The van der Waals surface area contributed by atoms with E-state index >= 15 is 0 Å². The molecule has 1 aliphatic heterocycles. The van der Waals surface area contributed by atoms with Gasteiger partial charge in [-0.25, -0.2) is 13.4 Å². The van der Waals surface area contributed by atoms with Gasteiger partial charge in [-0.2, -0.15) is 14.4 Å². The van der Waals surface area contributed by atoms with Crippen molar-refractivity contribution in [1.29, 1.82) is 0 Å². The molecule has 12 heteroatoms. The average molecular weight is 700 g/mol. The van der Waals surface area contributed by atoms with Crippen LogP contribution in [0.4, 0.5) is 5.13 Å². The second kappa shape index (κ2) is 11.8. The molecule has 0 aliphatic carbocycles. The number of anilines is 1. The third-order valence-corrected chi connectivity index (χ3v) is 10.9. The average Bonchev–Trinajstić information content (AvgIpc) is 3.48. The highest BCUT2D eigenvalue weighted by atomic mass is 79.9. The van der Waals surface area contributed by atoms with Gasteiger partial charge in [0.05, 0.1) is 32.3 Å². The molecule has 3 heterocycles. The van der Waals surface area contributed by atoms with Crippen LogP contribution in [0.1, 0.15) is 27.0 Å². The molecule has 0 spiro atoms. The number of rotatable bonds is 6. The minimum Gasteiger partial charge on any atom is -0.463 e. The predicted octanol–water partition coefficient (Wildman–Crippen LogP) is 6.59. The molecule has 9 nitrogen and oxygen atoms in total. The molecular formula is C33H23BrN4O5S2. The minimum absolute atomic E-state index is 0.0899.